The lowest BCUT2D eigenvalue weighted by Gasteiger charge is -2.23. The topological polar surface area (TPSA) is 57.3 Å². The average molecular weight is 335 g/mol. The SMILES string of the molecule is O=C(Nc1ncc(Cl)s1)N1CC2(CCNC2)c2ccccc21. The maximum absolute atomic E-state index is 12.6. The molecule has 1 unspecified atom stereocenters. The molecule has 1 saturated heterocycles. The van der Waals surface area contributed by atoms with E-state index in [1.54, 1.807) is 6.20 Å². The van der Waals surface area contributed by atoms with Crippen molar-refractivity contribution in [1.82, 2.24) is 10.3 Å². The molecule has 114 valence electrons. The van der Waals surface area contributed by atoms with E-state index in [1.807, 2.05) is 23.1 Å². The predicted molar refractivity (Wildman–Crippen MR) is 89.1 cm³/mol. The van der Waals surface area contributed by atoms with Gasteiger partial charge in [-0.25, -0.2) is 9.78 Å². The number of amides is 2. The van der Waals surface area contributed by atoms with Crippen LogP contribution in [0.15, 0.2) is 30.5 Å². The summed E-state index contributed by atoms with van der Waals surface area (Å²) in [4.78, 5) is 18.5. The van der Waals surface area contributed by atoms with Crippen molar-refractivity contribution in [2.24, 2.45) is 0 Å². The molecule has 2 N–H and O–H groups in total. The fourth-order valence-electron chi connectivity index (χ4n) is 3.39. The first kappa shape index (κ1) is 14.0. The molecule has 0 radical (unpaired) electrons. The van der Waals surface area contributed by atoms with Crippen molar-refractivity contribution in [3.8, 4) is 0 Å². The van der Waals surface area contributed by atoms with E-state index in [2.05, 4.69) is 21.7 Å². The van der Waals surface area contributed by atoms with Gasteiger partial charge in [0.1, 0.15) is 4.34 Å². The molecule has 1 fully saturated rings. The van der Waals surface area contributed by atoms with Crippen LogP contribution in [0.25, 0.3) is 0 Å². The summed E-state index contributed by atoms with van der Waals surface area (Å²) in [5.74, 6) is 0. The van der Waals surface area contributed by atoms with Gasteiger partial charge in [0.15, 0.2) is 5.13 Å². The van der Waals surface area contributed by atoms with E-state index in [4.69, 9.17) is 11.6 Å². The van der Waals surface area contributed by atoms with Crippen molar-refractivity contribution in [1.29, 1.82) is 0 Å². The number of rotatable bonds is 1. The van der Waals surface area contributed by atoms with E-state index in [0.717, 1.165) is 25.2 Å². The third-order valence-electron chi connectivity index (χ3n) is 4.41. The van der Waals surface area contributed by atoms with E-state index in [-0.39, 0.29) is 11.4 Å². The van der Waals surface area contributed by atoms with Crippen molar-refractivity contribution in [3.05, 3.63) is 40.4 Å². The van der Waals surface area contributed by atoms with Crippen LogP contribution in [0.3, 0.4) is 0 Å². The number of fused-ring (bicyclic) bond motifs is 2. The Morgan fingerprint density at radius 2 is 2.32 bits per heavy atom. The van der Waals surface area contributed by atoms with Crippen LogP contribution in [0.4, 0.5) is 15.6 Å². The Balaban J connectivity index is 1.64. The highest BCUT2D eigenvalue weighted by Crippen LogP contribution is 2.44. The van der Waals surface area contributed by atoms with E-state index in [9.17, 15) is 4.79 Å². The largest absolute Gasteiger partial charge is 0.328 e. The van der Waals surface area contributed by atoms with Gasteiger partial charge in [0.05, 0.1) is 6.20 Å². The smallest absolute Gasteiger partial charge is 0.316 e. The Bertz CT molecular complexity index is 726. The third kappa shape index (κ3) is 2.18. The maximum Gasteiger partial charge on any atom is 0.328 e. The average Bonchev–Trinajstić information content (AvgIpc) is 3.22. The number of benzene rings is 1. The van der Waals surface area contributed by atoms with Gasteiger partial charge in [-0.15, -0.1) is 0 Å². The lowest BCUT2D eigenvalue weighted by atomic mass is 9.82. The fourth-order valence-corrected chi connectivity index (χ4v) is 4.19. The second-order valence-electron chi connectivity index (χ2n) is 5.71. The monoisotopic (exact) mass is 334 g/mol. The number of thiazole rings is 1. The second kappa shape index (κ2) is 5.22. The number of aromatic nitrogens is 1. The lowest BCUT2D eigenvalue weighted by Crippen LogP contribution is -2.40. The molecule has 2 amide bonds. The first-order valence-corrected chi connectivity index (χ1v) is 8.37. The van der Waals surface area contributed by atoms with Crippen LogP contribution >= 0.6 is 22.9 Å². The van der Waals surface area contributed by atoms with Crippen LogP contribution in [0.5, 0.6) is 0 Å². The molecule has 1 spiro atoms. The minimum atomic E-state index is -0.151. The molecule has 2 aliphatic heterocycles. The van der Waals surface area contributed by atoms with Crippen LogP contribution in [-0.4, -0.2) is 30.6 Å². The van der Waals surface area contributed by atoms with Gasteiger partial charge in [0.2, 0.25) is 0 Å². The van der Waals surface area contributed by atoms with Gasteiger partial charge < -0.3 is 5.32 Å². The zero-order valence-electron chi connectivity index (χ0n) is 11.8. The summed E-state index contributed by atoms with van der Waals surface area (Å²) < 4.78 is 0.564. The van der Waals surface area contributed by atoms with Gasteiger partial charge in [0, 0.05) is 24.2 Å². The Labute approximate surface area is 137 Å². The van der Waals surface area contributed by atoms with Gasteiger partial charge in [-0.1, -0.05) is 41.1 Å². The van der Waals surface area contributed by atoms with Gasteiger partial charge in [-0.2, -0.15) is 0 Å². The Morgan fingerprint density at radius 3 is 3.05 bits per heavy atom. The highest BCUT2D eigenvalue weighted by Gasteiger charge is 2.46. The zero-order chi connectivity index (χ0) is 15.2. The summed E-state index contributed by atoms with van der Waals surface area (Å²) in [6.45, 7) is 2.60. The summed E-state index contributed by atoms with van der Waals surface area (Å²) in [7, 11) is 0. The molecule has 7 heteroatoms. The molecule has 0 bridgehead atoms. The lowest BCUT2D eigenvalue weighted by molar-refractivity contribution is 0.256. The number of urea groups is 1. The predicted octanol–water partition coefficient (Wildman–Crippen LogP) is 3.08. The number of hydrogen-bond donors (Lipinski definition) is 2. The van der Waals surface area contributed by atoms with E-state index < -0.39 is 0 Å². The summed E-state index contributed by atoms with van der Waals surface area (Å²) in [5, 5.41) is 6.79. The maximum atomic E-state index is 12.6. The highest BCUT2D eigenvalue weighted by atomic mass is 35.5. The molecule has 0 saturated carbocycles. The summed E-state index contributed by atoms with van der Waals surface area (Å²) in [5.41, 5.74) is 2.28. The first-order valence-electron chi connectivity index (χ1n) is 7.18. The molecule has 1 atom stereocenters. The third-order valence-corrected chi connectivity index (χ3v) is 5.44. The molecule has 22 heavy (non-hydrogen) atoms. The van der Waals surface area contributed by atoms with Crippen molar-refractivity contribution in [3.63, 3.8) is 0 Å². The summed E-state index contributed by atoms with van der Waals surface area (Å²) >= 11 is 7.13. The number of anilines is 2. The molecule has 2 aliphatic rings. The number of carbonyl (C=O) groups excluding carboxylic acids is 1. The molecule has 0 aliphatic carbocycles. The molecule has 2 aromatic rings. The molecule has 3 heterocycles. The number of nitrogens with one attached hydrogen (secondary N) is 2. The first-order chi connectivity index (χ1) is 10.7. The quantitative estimate of drug-likeness (QED) is 0.842. The minimum absolute atomic E-state index is 0.0362. The molecule has 1 aromatic heterocycles. The van der Waals surface area contributed by atoms with Crippen molar-refractivity contribution < 1.29 is 4.79 Å². The van der Waals surface area contributed by atoms with Crippen LogP contribution in [0.2, 0.25) is 4.34 Å². The van der Waals surface area contributed by atoms with Crippen LogP contribution < -0.4 is 15.5 Å². The molecular weight excluding hydrogens is 320 g/mol. The molecule has 5 nitrogen and oxygen atoms in total. The number of nitrogens with zero attached hydrogens (tertiary/aromatic N) is 2. The van der Waals surface area contributed by atoms with E-state index in [0.29, 0.717) is 16.0 Å². The zero-order valence-corrected chi connectivity index (χ0v) is 13.4. The number of para-hydroxylation sites is 1. The van der Waals surface area contributed by atoms with E-state index in [1.165, 1.54) is 16.9 Å². The molecular formula is C15H15ClN4OS. The molecule has 1 aromatic carbocycles. The fraction of sp³-hybridized carbons (Fsp3) is 0.333. The van der Waals surface area contributed by atoms with Crippen molar-refractivity contribution in [2.75, 3.05) is 29.9 Å². The van der Waals surface area contributed by atoms with Crippen LogP contribution in [0.1, 0.15) is 12.0 Å². The van der Waals surface area contributed by atoms with Gasteiger partial charge >= 0.3 is 6.03 Å². The van der Waals surface area contributed by atoms with Crippen LogP contribution in [-0.2, 0) is 5.41 Å². The molecule has 4 rings (SSSR count). The van der Waals surface area contributed by atoms with Crippen molar-refractivity contribution >= 4 is 39.8 Å². The van der Waals surface area contributed by atoms with Crippen LogP contribution in [0, 0.1) is 0 Å². The minimum Gasteiger partial charge on any atom is -0.316 e. The Hall–Kier alpha value is -1.63. The normalized spacial score (nSPS) is 23.0. The Morgan fingerprint density at radius 1 is 1.45 bits per heavy atom. The highest BCUT2D eigenvalue weighted by molar-refractivity contribution is 7.19. The number of hydrogen-bond acceptors (Lipinski definition) is 4. The standard InChI is InChI=1S/C15H15ClN4OS/c16-12-7-18-13(22-12)19-14(21)20-9-15(5-6-17-8-15)10-3-1-2-4-11(10)20/h1-4,7,17H,5-6,8-9H2,(H,18,19,21). The van der Waals surface area contributed by atoms with Gasteiger partial charge in [-0.3, -0.25) is 10.2 Å². The van der Waals surface area contributed by atoms with Gasteiger partial charge in [0.25, 0.3) is 0 Å². The number of carbonyl (C=O) groups is 1. The summed E-state index contributed by atoms with van der Waals surface area (Å²) in [6.07, 6.45) is 2.60. The Kier molecular flexibility index (Phi) is 3.32. The summed E-state index contributed by atoms with van der Waals surface area (Å²) in [6, 6.07) is 8.01. The van der Waals surface area contributed by atoms with Gasteiger partial charge in [-0.05, 0) is 24.6 Å². The second-order valence-corrected chi connectivity index (χ2v) is 7.37. The van der Waals surface area contributed by atoms with E-state index >= 15 is 0 Å². The number of halogens is 1. The van der Waals surface area contributed by atoms with Crippen molar-refractivity contribution in [2.45, 2.75) is 11.8 Å².